The van der Waals surface area contributed by atoms with E-state index in [-0.39, 0.29) is 17.8 Å². The predicted molar refractivity (Wildman–Crippen MR) is 46.6 cm³/mol. The van der Waals surface area contributed by atoms with Gasteiger partial charge in [0.1, 0.15) is 0 Å². The summed E-state index contributed by atoms with van der Waals surface area (Å²) in [6.45, 7) is 0.212. The minimum absolute atomic E-state index is 0.0302. The number of carboxylic acid groups (broad SMARTS) is 1. The molecule has 1 aromatic carbocycles. The normalized spacial score (nSPS) is 9.21. The van der Waals surface area contributed by atoms with E-state index < -0.39 is 5.97 Å². The van der Waals surface area contributed by atoms with Crippen LogP contribution in [-0.4, -0.2) is 24.7 Å². The number of carbonyl (C=O) groups excluding carboxylic acids is 1. The number of ether oxygens (including phenoxy) is 2. The van der Waals surface area contributed by atoms with Crippen LogP contribution in [-0.2, 0) is 4.79 Å². The van der Waals surface area contributed by atoms with Crippen LogP contribution in [0, 0.1) is 0 Å². The Balaban J connectivity index is 3.13. The molecule has 0 atom stereocenters. The summed E-state index contributed by atoms with van der Waals surface area (Å²) in [5, 5.41) is 8.66. The van der Waals surface area contributed by atoms with Crippen molar-refractivity contribution in [2.45, 2.75) is 0 Å². The van der Waals surface area contributed by atoms with E-state index in [9.17, 15) is 9.59 Å². The van der Waals surface area contributed by atoms with Gasteiger partial charge < -0.3 is 14.6 Å². The third kappa shape index (κ3) is 2.01. The molecule has 0 aliphatic carbocycles. The van der Waals surface area contributed by atoms with Crippen molar-refractivity contribution in [3.05, 3.63) is 23.8 Å². The molecule has 74 valence electrons. The van der Waals surface area contributed by atoms with Crippen molar-refractivity contribution in [1.82, 2.24) is 0 Å². The number of benzene rings is 1. The molecule has 1 rings (SSSR count). The van der Waals surface area contributed by atoms with Crippen molar-refractivity contribution in [2.24, 2.45) is 0 Å². The lowest BCUT2D eigenvalue weighted by Crippen LogP contribution is -1.99. The fourth-order valence-electron chi connectivity index (χ4n) is 0.954. The van der Waals surface area contributed by atoms with Gasteiger partial charge in [0.15, 0.2) is 11.5 Å². The van der Waals surface area contributed by atoms with Gasteiger partial charge in [-0.2, -0.15) is 0 Å². The fraction of sp³-hybridized carbons (Fsp3) is 0.111. The van der Waals surface area contributed by atoms with Crippen LogP contribution < -0.4 is 9.47 Å². The van der Waals surface area contributed by atoms with Crippen LogP contribution in [0.5, 0.6) is 11.5 Å². The number of carboxylic acids is 1. The predicted octanol–water partition coefficient (Wildman–Crippen LogP) is 0.929. The number of carbonyl (C=O) groups is 2. The minimum Gasteiger partial charge on any atom is -0.493 e. The van der Waals surface area contributed by atoms with Gasteiger partial charge in [-0.1, -0.05) is 0 Å². The Bertz CT molecular complexity index is 358. The second-order valence-electron chi connectivity index (χ2n) is 2.38. The van der Waals surface area contributed by atoms with Crippen molar-refractivity contribution in [3.8, 4) is 11.5 Å². The molecule has 0 saturated carbocycles. The average molecular weight is 196 g/mol. The number of rotatable bonds is 4. The first kappa shape index (κ1) is 10.0. The standard InChI is InChI=1S/C9H8O5/c1-13-7-3-2-6(9(11)12)4-8(7)14-5-10/h2-5H,1H3,(H,11,12). The molecule has 0 aromatic heterocycles. The Kier molecular flexibility index (Phi) is 3.06. The molecule has 1 aromatic rings. The summed E-state index contributed by atoms with van der Waals surface area (Å²) in [7, 11) is 1.40. The second-order valence-corrected chi connectivity index (χ2v) is 2.38. The van der Waals surface area contributed by atoms with Crippen molar-refractivity contribution >= 4 is 12.4 Å². The zero-order chi connectivity index (χ0) is 10.6. The van der Waals surface area contributed by atoms with E-state index in [2.05, 4.69) is 4.74 Å². The summed E-state index contributed by atoms with van der Waals surface area (Å²) in [6, 6.07) is 4.00. The number of hydrogen-bond acceptors (Lipinski definition) is 4. The highest BCUT2D eigenvalue weighted by molar-refractivity contribution is 5.88. The smallest absolute Gasteiger partial charge is 0.335 e. The highest BCUT2D eigenvalue weighted by Gasteiger charge is 2.09. The molecule has 0 unspecified atom stereocenters. The van der Waals surface area contributed by atoms with Gasteiger partial charge in [0, 0.05) is 0 Å². The van der Waals surface area contributed by atoms with E-state index >= 15 is 0 Å². The zero-order valence-electron chi connectivity index (χ0n) is 7.39. The summed E-state index contributed by atoms with van der Waals surface area (Å²) >= 11 is 0. The Morgan fingerprint density at radius 1 is 1.43 bits per heavy atom. The van der Waals surface area contributed by atoms with Crippen LogP contribution in [0.1, 0.15) is 10.4 Å². The monoisotopic (exact) mass is 196 g/mol. The zero-order valence-corrected chi connectivity index (χ0v) is 7.39. The van der Waals surface area contributed by atoms with E-state index in [4.69, 9.17) is 9.84 Å². The van der Waals surface area contributed by atoms with Crippen LogP contribution in [0.2, 0.25) is 0 Å². The van der Waals surface area contributed by atoms with Gasteiger partial charge in [0.25, 0.3) is 6.47 Å². The highest BCUT2D eigenvalue weighted by Crippen LogP contribution is 2.27. The summed E-state index contributed by atoms with van der Waals surface area (Å²) in [4.78, 5) is 20.7. The van der Waals surface area contributed by atoms with Crippen molar-refractivity contribution in [2.75, 3.05) is 7.11 Å². The molecule has 0 saturated heterocycles. The van der Waals surface area contributed by atoms with Gasteiger partial charge in [-0.25, -0.2) is 4.79 Å². The van der Waals surface area contributed by atoms with E-state index in [1.165, 1.54) is 25.3 Å². The van der Waals surface area contributed by atoms with E-state index in [1.807, 2.05) is 0 Å². The first-order valence-electron chi connectivity index (χ1n) is 3.70. The van der Waals surface area contributed by atoms with Crippen molar-refractivity contribution < 1.29 is 24.2 Å². The van der Waals surface area contributed by atoms with Gasteiger partial charge in [0.05, 0.1) is 12.7 Å². The number of methoxy groups -OCH3 is 1. The lowest BCUT2D eigenvalue weighted by Gasteiger charge is -2.06. The van der Waals surface area contributed by atoms with Crippen molar-refractivity contribution in [3.63, 3.8) is 0 Å². The summed E-state index contributed by atoms with van der Waals surface area (Å²) in [5.41, 5.74) is 0.0302. The van der Waals surface area contributed by atoms with Gasteiger partial charge in [-0.3, -0.25) is 4.79 Å². The molecule has 0 bridgehead atoms. The van der Waals surface area contributed by atoms with Crippen molar-refractivity contribution in [1.29, 1.82) is 0 Å². The number of aromatic carboxylic acids is 1. The molecule has 0 amide bonds. The first-order chi connectivity index (χ1) is 6.69. The van der Waals surface area contributed by atoms with Crippen LogP contribution in [0.25, 0.3) is 0 Å². The SMILES string of the molecule is COc1ccc(C(=O)O)cc1OC=O. The Morgan fingerprint density at radius 2 is 2.14 bits per heavy atom. The average Bonchev–Trinajstić information content (AvgIpc) is 2.18. The molecule has 1 N–H and O–H groups in total. The fourth-order valence-corrected chi connectivity index (χ4v) is 0.954. The van der Waals surface area contributed by atoms with E-state index in [0.29, 0.717) is 5.75 Å². The summed E-state index contributed by atoms with van der Waals surface area (Å²) < 4.78 is 9.41. The molecule has 0 radical (unpaired) electrons. The molecule has 5 heteroatoms. The summed E-state index contributed by atoms with van der Waals surface area (Å²) in [5.74, 6) is -0.701. The minimum atomic E-state index is -1.09. The molecule has 0 spiro atoms. The third-order valence-electron chi connectivity index (χ3n) is 1.59. The third-order valence-corrected chi connectivity index (χ3v) is 1.59. The van der Waals surface area contributed by atoms with Crippen LogP contribution in [0.15, 0.2) is 18.2 Å². The lowest BCUT2D eigenvalue weighted by atomic mass is 10.2. The molecular weight excluding hydrogens is 188 g/mol. The Labute approximate surface area is 79.9 Å². The van der Waals surface area contributed by atoms with Crippen LogP contribution >= 0.6 is 0 Å². The highest BCUT2D eigenvalue weighted by atomic mass is 16.5. The number of hydrogen-bond donors (Lipinski definition) is 1. The molecule has 0 fully saturated rings. The molecule has 0 aliphatic heterocycles. The topological polar surface area (TPSA) is 72.8 Å². The molecular formula is C9H8O5. The van der Waals surface area contributed by atoms with Crippen LogP contribution in [0.4, 0.5) is 0 Å². The van der Waals surface area contributed by atoms with E-state index in [1.54, 1.807) is 0 Å². The Morgan fingerprint density at radius 3 is 2.64 bits per heavy atom. The Hall–Kier alpha value is -2.04. The molecule has 0 aliphatic rings. The second kappa shape index (κ2) is 4.27. The van der Waals surface area contributed by atoms with Gasteiger partial charge >= 0.3 is 5.97 Å². The van der Waals surface area contributed by atoms with Gasteiger partial charge in [-0.05, 0) is 18.2 Å². The molecule has 14 heavy (non-hydrogen) atoms. The maximum absolute atomic E-state index is 10.6. The first-order valence-corrected chi connectivity index (χ1v) is 3.70. The van der Waals surface area contributed by atoms with Crippen LogP contribution in [0.3, 0.4) is 0 Å². The lowest BCUT2D eigenvalue weighted by molar-refractivity contribution is -0.120. The maximum Gasteiger partial charge on any atom is 0.335 e. The maximum atomic E-state index is 10.6. The van der Waals surface area contributed by atoms with Gasteiger partial charge in [-0.15, -0.1) is 0 Å². The van der Waals surface area contributed by atoms with E-state index in [0.717, 1.165) is 0 Å². The largest absolute Gasteiger partial charge is 0.493 e. The molecule has 5 nitrogen and oxygen atoms in total. The van der Waals surface area contributed by atoms with Gasteiger partial charge in [0.2, 0.25) is 0 Å². The quantitative estimate of drug-likeness (QED) is 0.725. The molecule has 0 heterocycles. The summed E-state index contributed by atoms with van der Waals surface area (Å²) in [6.07, 6.45) is 0.